The third kappa shape index (κ3) is 4.41. The molecule has 1 rings (SSSR count). The Labute approximate surface area is 126 Å². The smallest absolute Gasteiger partial charge is 0.417 e. The van der Waals surface area contributed by atoms with Crippen LogP contribution < -0.4 is 0 Å². The molecular weight excluding hydrogens is 270 g/mol. The second-order valence-electron chi connectivity index (χ2n) is 6.76. The van der Waals surface area contributed by atoms with Crippen LogP contribution in [0.5, 0.6) is 0 Å². The number of hydrogen-bond acceptors (Lipinski definition) is 4. The summed E-state index contributed by atoms with van der Waals surface area (Å²) in [5.74, 6) is -0.107. The number of rotatable bonds is 5. The van der Waals surface area contributed by atoms with Gasteiger partial charge in [0.1, 0.15) is 12.9 Å². The number of amides is 2. The summed E-state index contributed by atoms with van der Waals surface area (Å²) >= 11 is 0. The Balaban J connectivity index is 2.77. The molecule has 1 aliphatic rings. The standard InChI is InChI=1S/C16H25NO4/c1-11(12(2)8-9-18)6-7-14(19)17-13(16(3,4)5)10-21-15(17)20/h6-7,9,11-13H,8,10H2,1-5H3/b7-6+/t11-,12-,13-/m1/s1. The Bertz CT molecular complexity index is 436. The van der Waals surface area contributed by atoms with Gasteiger partial charge in [-0.3, -0.25) is 4.79 Å². The van der Waals surface area contributed by atoms with Crippen molar-refractivity contribution in [2.75, 3.05) is 6.61 Å². The molecule has 5 nitrogen and oxygen atoms in total. The van der Waals surface area contributed by atoms with Gasteiger partial charge in [0, 0.05) is 6.42 Å². The quantitative estimate of drug-likeness (QED) is 0.578. The van der Waals surface area contributed by atoms with Gasteiger partial charge in [0.05, 0.1) is 6.04 Å². The molecule has 0 aromatic rings. The summed E-state index contributed by atoms with van der Waals surface area (Å²) in [5, 5.41) is 0. The summed E-state index contributed by atoms with van der Waals surface area (Å²) in [7, 11) is 0. The van der Waals surface area contributed by atoms with Gasteiger partial charge in [0.2, 0.25) is 0 Å². The zero-order valence-corrected chi connectivity index (χ0v) is 13.5. The van der Waals surface area contributed by atoms with Crippen LogP contribution in [0.3, 0.4) is 0 Å². The Morgan fingerprint density at radius 2 is 2.05 bits per heavy atom. The van der Waals surface area contributed by atoms with Crippen LogP contribution >= 0.6 is 0 Å². The van der Waals surface area contributed by atoms with Gasteiger partial charge in [0.25, 0.3) is 5.91 Å². The highest BCUT2D eigenvalue weighted by Gasteiger charge is 2.43. The second-order valence-corrected chi connectivity index (χ2v) is 6.76. The van der Waals surface area contributed by atoms with Gasteiger partial charge in [-0.1, -0.05) is 40.7 Å². The van der Waals surface area contributed by atoms with E-state index in [0.29, 0.717) is 6.42 Å². The number of aldehydes is 1. The molecule has 21 heavy (non-hydrogen) atoms. The maximum Gasteiger partial charge on any atom is 0.417 e. The molecule has 3 atom stereocenters. The van der Waals surface area contributed by atoms with Crippen LogP contribution in [-0.4, -0.2) is 35.8 Å². The van der Waals surface area contributed by atoms with Crippen molar-refractivity contribution in [2.24, 2.45) is 17.3 Å². The predicted octanol–water partition coefficient (Wildman–Crippen LogP) is 2.80. The van der Waals surface area contributed by atoms with E-state index in [2.05, 4.69) is 0 Å². The van der Waals surface area contributed by atoms with Crippen LogP contribution in [0, 0.1) is 17.3 Å². The molecule has 2 amide bonds. The number of carbonyl (C=O) groups is 3. The maximum atomic E-state index is 12.3. The van der Waals surface area contributed by atoms with Crippen LogP contribution in [0.4, 0.5) is 4.79 Å². The molecule has 0 N–H and O–H groups in total. The highest BCUT2D eigenvalue weighted by Crippen LogP contribution is 2.29. The van der Waals surface area contributed by atoms with Crippen LogP contribution in [0.1, 0.15) is 41.0 Å². The molecule has 0 bridgehead atoms. The molecule has 0 unspecified atom stereocenters. The molecule has 1 saturated heterocycles. The fourth-order valence-electron chi connectivity index (χ4n) is 2.17. The Morgan fingerprint density at radius 1 is 1.43 bits per heavy atom. The molecule has 1 aliphatic heterocycles. The predicted molar refractivity (Wildman–Crippen MR) is 79.6 cm³/mol. The molecular formula is C16H25NO4. The summed E-state index contributed by atoms with van der Waals surface area (Å²) in [4.78, 5) is 35.7. The topological polar surface area (TPSA) is 63.7 Å². The Kier molecular flexibility index (Phi) is 5.70. The highest BCUT2D eigenvalue weighted by molar-refractivity contribution is 5.99. The average molecular weight is 295 g/mol. The van der Waals surface area contributed by atoms with Crippen molar-refractivity contribution in [1.82, 2.24) is 4.90 Å². The van der Waals surface area contributed by atoms with E-state index in [4.69, 9.17) is 4.74 Å². The summed E-state index contributed by atoms with van der Waals surface area (Å²) in [6.45, 7) is 10.0. The maximum absolute atomic E-state index is 12.3. The van der Waals surface area contributed by atoms with Crippen LogP contribution in [0.25, 0.3) is 0 Å². The van der Waals surface area contributed by atoms with Gasteiger partial charge >= 0.3 is 6.09 Å². The number of imide groups is 1. The number of nitrogens with zero attached hydrogens (tertiary/aromatic N) is 1. The van der Waals surface area contributed by atoms with E-state index in [9.17, 15) is 14.4 Å². The van der Waals surface area contributed by atoms with Gasteiger partial charge in [-0.05, 0) is 23.3 Å². The minimum Gasteiger partial charge on any atom is -0.447 e. The summed E-state index contributed by atoms with van der Waals surface area (Å²) in [6.07, 6.45) is 3.91. The molecule has 0 aromatic heterocycles. The van der Waals surface area contributed by atoms with Crippen molar-refractivity contribution >= 4 is 18.3 Å². The Morgan fingerprint density at radius 3 is 2.57 bits per heavy atom. The van der Waals surface area contributed by atoms with Crippen molar-refractivity contribution in [1.29, 1.82) is 0 Å². The van der Waals surface area contributed by atoms with E-state index in [1.807, 2.05) is 34.6 Å². The van der Waals surface area contributed by atoms with E-state index in [0.717, 1.165) is 6.29 Å². The lowest BCUT2D eigenvalue weighted by molar-refractivity contribution is -0.125. The summed E-state index contributed by atoms with van der Waals surface area (Å²) in [5.41, 5.74) is -0.230. The zero-order chi connectivity index (χ0) is 16.2. The van der Waals surface area contributed by atoms with Crippen LogP contribution in [0.15, 0.2) is 12.2 Å². The number of hydrogen-bond donors (Lipinski definition) is 0. The minimum atomic E-state index is -0.585. The summed E-state index contributed by atoms with van der Waals surface area (Å²) in [6, 6.07) is -0.259. The molecule has 0 aromatic carbocycles. The number of ether oxygens (including phenoxy) is 1. The van der Waals surface area contributed by atoms with Crippen molar-refractivity contribution in [2.45, 2.75) is 47.1 Å². The lowest BCUT2D eigenvalue weighted by Gasteiger charge is -2.30. The zero-order valence-electron chi connectivity index (χ0n) is 13.5. The molecule has 0 radical (unpaired) electrons. The monoisotopic (exact) mass is 295 g/mol. The van der Waals surface area contributed by atoms with E-state index in [1.54, 1.807) is 6.08 Å². The first-order valence-electron chi connectivity index (χ1n) is 7.30. The SMILES string of the molecule is C[C@H](/C=C/C(=O)N1C(=O)OC[C@@H]1C(C)(C)C)[C@H](C)CC=O. The average Bonchev–Trinajstić information content (AvgIpc) is 2.77. The lowest BCUT2D eigenvalue weighted by atomic mass is 9.86. The number of carbonyl (C=O) groups excluding carboxylic acids is 3. The van der Waals surface area contributed by atoms with Crippen LogP contribution in [0.2, 0.25) is 0 Å². The third-order valence-corrected chi connectivity index (χ3v) is 4.02. The minimum absolute atomic E-state index is 0.0888. The fourth-order valence-corrected chi connectivity index (χ4v) is 2.17. The van der Waals surface area contributed by atoms with E-state index in [-0.39, 0.29) is 35.8 Å². The van der Waals surface area contributed by atoms with Crippen LogP contribution in [-0.2, 0) is 14.3 Å². The van der Waals surface area contributed by atoms with Gasteiger partial charge in [-0.25, -0.2) is 9.69 Å². The fraction of sp³-hybridized carbons (Fsp3) is 0.688. The molecule has 1 fully saturated rings. The first-order valence-corrected chi connectivity index (χ1v) is 7.30. The van der Waals surface area contributed by atoms with E-state index < -0.39 is 6.09 Å². The molecule has 1 heterocycles. The molecule has 0 spiro atoms. The molecule has 0 saturated carbocycles. The summed E-state index contributed by atoms with van der Waals surface area (Å²) < 4.78 is 5.00. The first kappa shape index (κ1) is 17.4. The third-order valence-electron chi connectivity index (χ3n) is 4.02. The number of cyclic esters (lactones) is 1. The van der Waals surface area contributed by atoms with Gasteiger partial charge in [0.15, 0.2) is 0 Å². The number of allylic oxidation sites excluding steroid dienone is 1. The van der Waals surface area contributed by atoms with Gasteiger partial charge in [-0.15, -0.1) is 0 Å². The normalized spacial score (nSPS) is 22.2. The first-order chi connectivity index (χ1) is 9.68. The van der Waals surface area contributed by atoms with Gasteiger partial charge < -0.3 is 9.53 Å². The van der Waals surface area contributed by atoms with Crippen molar-refractivity contribution in [3.63, 3.8) is 0 Å². The lowest BCUT2D eigenvalue weighted by Crippen LogP contribution is -2.45. The molecule has 0 aliphatic carbocycles. The second kappa shape index (κ2) is 6.87. The van der Waals surface area contributed by atoms with E-state index >= 15 is 0 Å². The Hall–Kier alpha value is -1.65. The van der Waals surface area contributed by atoms with E-state index in [1.165, 1.54) is 11.0 Å². The van der Waals surface area contributed by atoms with Crippen molar-refractivity contribution < 1.29 is 19.1 Å². The van der Waals surface area contributed by atoms with Crippen molar-refractivity contribution in [3.8, 4) is 0 Å². The molecule has 5 heteroatoms. The van der Waals surface area contributed by atoms with Crippen molar-refractivity contribution in [3.05, 3.63) is 12.2 Å². The highest BCUT2D eigenvalue weighted by atomic mass is 16.6. The van der Waals surface area contributed by atoms with Gasteiger partial charge in [-0.2, -0.15) is 0 Å². The largest absolute Gasteiger partial charge is 0.447 e. The molecule has 118 valence electrons.